The summed E-state index contributed by atoms with van der Waals surface area (Å²) in [5, 5.41) is 9.13. The molecule has 6 heteroatoms. The van der Waals surface area contributed by atoms with Gasteiger partial charge in [0.05, 0.1) is 17.6 Å². The summed E-state index contributed by atoms with van der Waals surface area (Å²) in [6.07, 6.45) is 1.46. The van der Waals surface area contributed by atoms with Crippen molar-refractivity contribution in [3.63, 3.8) is 0 Å². The largest absolute Gasteiger partial charge is 0.459 e. The molecule has 0 aromatic carbocycles. The predicted molar refractivity (Wildman–Crippen MR) is 59.1 cm³/mol. The normalized spacial score (nSPS) is 10.4. The van der Waals surface area contributed by atoms with E-state index < -0.39 is 0 Å². The molecular weight excluding hydrogens is 208 g/mol. The first-order valence-corrected chi connectivity index (χ1v) is 4.75. The molecule has 4 N–H and O–H groups in total. The third-order valence-electron chi connectivity index (χ3n) is 2.29. The van der Waals surface area contributed by atoms with Crippen molar-refractivity contribution in [3.05, 3.63) is 29.3 Å². The third kappa shape index (κ3) is 1.65. The maximum absolute atomic E-state index is 11.7. The summed E-state index contributed by atoms with van der Waals surface area (Å²) >= 11 is 0. The molecule has 0 spiro atoms. The number of aryl methyl sites for hydroxylation is 2. The number of amides is 1. The van der Waals surface area contributed by atoms with Crippen molar-refractivity contribution >= 4 is 17.4 Å². The van der Waals surface area contributed by atoms with Crippen molar-refractivity contribution in [3.8, 4) is 0 Å². The van der Waals surface area contributed by atoms with E-state index in [1.807, 2.05) is 0 Å². The lowest BCUT2D eigenvalue weighted by atomic mass is 10.2. The Morgan fingerprint density at radius 3 is 2.81 bits per heavy atom. The number of rotatable bonds is 2. The lowest BCUT2D eigenvalue weighted by molar-refractivity contribution is 0.0995. The number of nitrogens with two attached hydrogens (primary N) is 1. The second kappa shape index (κ2) is 3.73. The monoisotopic (exact) mass is 220 g/mol. The van der Waals surface area contributed by atoms with Gasteiger partial charge in [0.1, 0.15) is 0 Å². The molecule has 2 aromatic heterocycles. The number of aromatic nitrogens is 2. The van der Waals surface area contributed by atoms with Gasteiger partial charge in [-0.25, -0.2) is 0 Å². The third-order valence-corrected chi connectivity index (χ3v) is 2.29. The van der Waals surface area contributed by atoms with E-state index >= 15 is 0 Å². The molecule has 0 bridgehead atoms. The summed E-state index contributed by atoms with van der Waals surface area (Å²) in [5.74, 6) is 0.221. The van der Waals surface area contributed by atoms with Crippen LogP contribution in [0.2, 0.25) is 0 Å². The number of carbonyl (C=O) groups excluding carboxylic acids is 1. The minimum Gasteiger partial charge on any atom is -0.459 e. The molecule has 1 amide bonds. The van der Waals surface area contributed by atoms with Gasteiger partial charge in [0.25, 0.3) is 5.91 Å². The summed E-state index contributed by atoms with van der Waals surface area (Å²) in [7, 11) is 0. The van der Waals surface area contributed by atoms with Crippen LogP contribution in [0.1, 0.15) is 21.8 Å². The van der Waals surface area contributed by atoms with Gasteiger partial charge in [-0.15, -0.1) is 0 Å². The quantitative estimate of drug-likeness (QED) is 0.713. The Bertz CT molecular complexity index is 527. The molecule has 0 aliphatic rings. The number of hydrogen-bond acceptors (Lipinski definition) is 4. The summed E-state index contributed by atoms with van der Waals surface area (Å²) in [5.41, 5.74) is 7.61. The molecule has 0 aliphatic carbocycles. The number of aromatic amines is 1. The first-order valence-electron chi connectivity index (χ1n) is 4.75. The zero-order valence-corrected chi connectivity index (χ0v) is 9.00. The summed E-state index contributed by atoms with van der Waals surface area (Å²) in [6, 6.07) is 1.72. The zero-order valence-electron chi connectivity index (χ0n) is 9.00. The SMILES string of the molecule is Cc1ccoc1C(=O)Nc1n[nH]c(C)c1N. The highest BCUT2D eigenvalue weighted by Gasteiger charge is 2.16. The number of anilines is 2. The Morgan fingerprint density at radius 1 is 1.56 bits per heavy atom. The van der Waals surface area contributed by atoms with E-state index in [1.54, 1.807) is 19.9 Å². The molecule has 2 rings (SSSR count). The number of H-pyrrole nitrogens is 1. The van der Waals surface area contributed by atoms with Crippen molar-refractivity contribution in [1.82, 2.24) is 10.2 Å². The fraction of sp³-hybridized carbons (Fsp3) is 0.200. The highest BCUT2D eigenvalue weighted by atomic mass is 16.3. The summed E-state index contributed by atoms with van der Waals surface area (Å²) in [6.45, 7) is 3.56. The van der Waals surface area contributed by atoms with E-state index in [1.165, 1.54) is 6.26 Å². The molecule has 0 radical (unpaired) electrons. The molecule has 0 fully saturated rings. The second-order valence-corrected chi connectivity index (χ2v) is 3.50. The van der Waals surface area contributed by atoms with Crippen molar-refractivity contribution in [2.75, 3.05) is 11.1 Å². The number of carbonyl (C=O) groups is 1. The molecule has 0 atom stereocenters. The first kappa shape index (κ1) is 10.3. The molecule has 6 nitrogen and oxygen atoms in total. The molecule has 2 aromatic rings. The zero-order chi connectivity index (χ0) is 11.7. The standard InChI is InChI=1S/C10H12N4O2/c1-5-3-4-16-8(5)10(15)12-9-7(11)6(2)13-14-9/h3-4H,11H2,1-2H3,(H2,12,13,14,15). The minimum absolute atomic E-state index is 0.264. The first-order chi connectivity index (χ1) is 7.59. The maximum atomic E-state index is 11.7. The fourth-order valence-corrected chi connectivity index (χ4v) is 1.30. The van der Waals surface area contributed by atoms with Gasteiger partial charge in [0.15, 0.2) is 11.6 Å². The van der Waals surface area contributed by atoms with Crippen molar-refractivity contribution in [2.45, 2.75) is 13.8 Å². The van der Waals surface area contributed by atoms with Crippen LogP contribution in [0.5, 0.6) is 0 Å². The Hall–Kier alpha value is -2.24. The van der Waals surface area contributed by atoms with E-state index in [0.717, 1.165) is 5.56 Å². The van der Waals surface area contributed by atoms with Gasteiger partial charge in [-0.2, -0.15) is 5.10 Å². The maximum Gasteiger partial charge on any atom is 0.292 e. The fourth-order valence-electron chi connectivity index (χ4n) is 1.30. The van der Waals surface area contributed by atoms with E-state index in [-0.39, 0.29) is 11.7 Å². The number of hydrogen-bond donors (Lipinski definition) is 3. The molecule has 84 valence electrons. The van der Waals surface area contributed by atoms with Crippen LogP contribution in [0, 0.1) is 13.8 Å². The van der Waals surface area contributed by atoms with E-state index in [4.69, 9.17) is 10.2 Å². The van der Waals surface area contributed by atoms with Gasteiger partial charge in [-0.3, -0.25) is 9.89 Å². The summed E-state index contributed by atoms with van der Waals surface area (Å²) in [4.78, 5) is 11.7. The van der Waals surface area contributed by atoms with Gasteiger partial charge in [-0.1, -0.05) is 0 Å². The van der Waals surface area contributed by atoms with Gasteiger partial charge >= 0.3 is 0 Å². The van der Waals surface area contributed by atoms with Crippen LogP contribution >= 0.6 is 0 Å². The Morgan fingerprint density at radius 2 is 2.31 bits per heavy atom. The highest BCUT2D eigenvalue weighted by Crippen LogP contribution is 2.19. The number of nitrogens with zero attached hydrogens (tertiary/aromatic N) is 1. The number of furan rings is 1. The van der Waals surface area contributed by atoms with Crippen molar-refractivity contribution in [1.29, 1.82) is 0 Å². The average Bonchev–Trinajstić information content (AvgIpc) is 2.79. The Labute approximate surface area is 91.8 Å². The molecule has 0 saturated heterocycles. The van der Waals surface area contributed by atoms with Crippen LogP contribution in [-0.4, -0.2) is 16.1 Å². The van der Waals surface area contributed by atoms with Crippen LogP contribution in [0.3, 0.4) is 0 Å². The Kier molecular flexibility index (Phi) is 2.40. The molecule has 0 saturated carbocycles. The van der Waals surface area contributed by atoms with Gasteiger partial charge in [0, 0.05) is 5.56 Å². The van der Waals surface area contributed by atoms with Crippen LogP contribution in [-0.2, 0) is 0 Å². The molecule has 0 aliphatic heterocycles. The lowest BCUT2D eigenvalue weighted by Crippen LogP contribution is -2.13. The van der Waals surface area contributed by atoms with Gasteiger partial charge in [-0.05, 0) is 19.9 Å². The van der Waals surface area contributed by atoms with Crippen LogP contribution in [0.25, 0.3) is 0 Å². The summed E-state index contributed by atoms with van der Waals surface area (Å²) < 4.78 is 5.05. The van der Waals surface area contributed by atoms with E-state index in [0.29, 0.717) is 17.2 Å². The van der Waals surface area contributed by atoms with Crippen LogP contribution in [0.4, 0.5) is 11.5 Å². The highest BCUT2D eigenvalue weighted by molar-refractivity contribution is 6.04. The molecule has 16 heavy (non-hydrogen) atoms. The minimum atomic E-state index is -0.360. The topological polar surface area (TPSA) is 96.9 Å². The molecule has 2 heterocycles. The second-order valence-electron chi connectivity index (χ2n) is 3.50. The lowest BCUT2D eigenvalue weighted by Gasteiger charge is -2.01. The number of nitrogen functional groups attached to an aromatic ring is 1. The molecule has 0 unspecified atom stereocenters. The van der Waals surface area contributed by atoms with Crippen LogP contribution in [0.15, 0.2) is 16.7 Å². The van der Waals surface area contributed by atoms with Gasteiger partial charge < -0.3 is 15.5 Å². The Balaban J connectivity index is 2.20. The van der Waals surface area contributed by atoms with Crippen molar-refractivity contribution in [2.24, 2.45) is 0 Å². The molecular formula is C10H12N4O2. The average molecular weight is 220 g/mol. The van der Waals surface area contributed by atoms with E-state index in [9.17, 15) is 4.79 Å². The van der Waals surface area contributed by atoms with Gasteiger partial charge in [0.2, 0.25) is 0 Å². The van der Waals surface area contributed by atoms with Crippen LogP contribution < -0.4 is 11.1 Å². The smallest absolute Gasteiger partial charge is 0.292 e. The predicted octanol–water partition coefficient (Wildman–Crippen LogP) is 1.45. The van der Waals surface area contributed by atoms with E-state index in [2.05, 4.69) is 15.5 Å². The van der Waals surface area contributed by atoms with Crippen molar-refractivity contribution < 1.29 is 9.21 Å². The number of nitrogens with one attached hydrogen (secondary N) is 2.